The van der Waals surface area contributed by atoms with Gasteiger partial charge in [-0.25, -0.2) is 0 Å². The number of carbonyl (C=O) groups is 2. The lowest BCUT2D eigenvalue weighted by molar-refractivity contribution is -0.116. The number of hydrogen-bond acceptors (Lipinski definition) is 3. The van der Waals surface area contributed by atoms with Crippen LogP contribution in [0, 0.1) is 0 Å². The molecule has 5 aromatic rings. The van der Waals surface area contributed by atoms with Gasteiger partial charge in [-0.3, -0.25) is 14.3 Å². The van der Waals surface area contributed by atoms with E-state index in [-0.39, 0.29) is 18.2 Å². The topological polar surface area (TPSA) is 64.0 Å². The summed E-state index contributed by atoms with van der Waals surface area (Å²) in [5.41, 5.74) is 3.95. The fourth-order valence-corrected chi connectivity index (χ4v) is 4.11. The van der Waals surface area contributed by atoms with Crippen LogP contribution in [-0.2, 0) is 11.3 Å². The van der Waals surface area contributed by atoms with Gasteiger partial charge < -0.3 is 5.32 Å². The molecule has 0 radical (unpaired) electrons. The minimum Gasteiger partial charge on any atom is -0.324 e. The summed E-state index contributed by atoms with van der Waals surface area (Å²) in [6.45, 7) is -0.0151. The van der Waals surface area contributed by atoms with E-state index in [0.29, 0.717) is 21.8 Å². The molecular weight excluding hydrogens is 446 g/mol. The lowest BCUT2D eigenvalue weighted by Crippen LogP contribution is -2.21. The molecular formula is C28H20ClN3O2. The van der Waals surface area contributed by atoms with Crippen LogP contribution in [-0.4, -0.2) is 21.5 Å². The fourth-order valence-electron chi connectivity index (χ4n) is 3.94. The number of benzene rings is 4. The number of hydrogen-bond donors (Lipinski definition) is 1. The molecule has 6 heteroatoms. The maximum absolute atomic E-state index is 13.0. The van der Waals surface area contributed by atoms with E-state index in [0.717, 1.165) is 22.2 Å². The summed E-state index contributed by atoms with van der Waals surface area (Å²) in [5, 5.41) is 9.07. The molecule has 0 saturated heterocycles. The number of ketones is 1. The second-order valence-corrected chi connectivity index (χ2v) is 8.26. The Morgan fingerprint density at radius 1 is 0.824 bits per heavy atom. The van der Waals surface area contributed by atoms with Gasteiger partial charge in [-0.15, -0.1) is 0 Å². The minimum absolute atomic E-state index is 0.0151. The molecule has 4 aromatic carbocycles. The molecule has 0 atom stereocenters. The van der Waals surface area contributed by atoms with E-state index in [9.17, 15) is 9.59 Å². The second-order valence-electron chi connectivity index (χ2n) is 7.82. The van der Waals surface area contributed by atoms with Gasteiger partial charge in [0, 0.05) is 27.1 Å². The van der Waals surface area contributed by atoms with Crippen molar-refractivity contribution in [3.63, 3.8) is 0 Å². The molecule has 1 N–H and O–H groups in total. The third kappa shape index (κ3) is 4.34. The van der Waals surface area contributed by atoms with Crippen LogP contribution in [0.4, 0.5) is 5.69 Å². The van der Waals surface area contributed by atoms with Crippen LogP contribution in [0.1, 0.15) is 15.9 Å². The van der Waals surface area contributed by atoms with Crippen LogP contribution in [0.3, 0.4) is 0 Å². The van der Waals surface area contributed by atoms with Gasteiger partial charge in [0.15, 0.2) is 5.78 Å². The summed E-state index contributed by atoms with van der Waals surface area (Å²) in [7, 11) is 0. The van der Waals surface area contributed by atoms with Crippen molar-refractivity contribution in [3.8, 4) is 11.3 Å². The summed E-state index contributed by atoms with van der Waals surface area (Å²) < 4.78 is 1.66. The van der Waals surface area contributed by atoms with Gasteiger partial charge in [-0.1, -0.05) is 84.4 Å². The highest BCUT2D eigenvalue weighted by Gasteiger charge is 2.18. The normalized spacial score (nSPS) is 10.9. The van der Waals surface area contributed by atoms with Crippen LogP contribution in [0.25, 0.3) is 22.2 Å². The maximum atomic E-state index is 13.0. The first kappa shape index (κ1) is 21.6. The molecule has 0 aliphatic rings. The number of nitrogens with zero attached hydrogens (tertiary/aromatic N) is 2. The van der Waals surface area contributed by atoms with Crippen LogP contribution in [0.2, 0.25) is 5.02 Å². The van der Waals surface area contributed by atoms with Crippen molar-refractivity contribution in [2.75, 3.05) is 5.32 Å². The molecule has 1 heterocycles. The molecule has 0 aliphatic carbocycles. The van der Waals surface area contributed by atoms with E-state index in [1.165, 1.54) is 0 Å². The second kappa shape index (κ2) is 9.33. The molecule has 0 bridgehead atoms. The van der Waals surface area contributed by atoms with E-state index < -0.39 is 0 Å². The number of nitrogens with one attached hydrogen (secondary N) is 1. The highest BCUT2D eigenvalue weighted by molar-refractivity contribution is 6.31. The maximum Gasteiger partial charge on any atom is 0.246 e. The minimum atomic E-state index is -0.285. The Hall–Kier alpha value is -4.22. The van der Waals surface area contributed by atoms with Crippen molar-refractivity contribution in [1.82, 2.24) is 9.78 Å². The van der Waals surface area contributed by atoms with Crippen LogP contribution in [0.5, 0.6) is 0 Å². The zero-order valence-electron chi connectivity index (χ0n) is 18.1. The predicted molar refractivity (Wildman–Crippen MR) is 135 cm³/mol. The Morgan fingerprint density at radius 2 is 1.50 bits per heavy atom. The number of amides is 1. The van der Waals surface area contributed by atoms with Gasteiger partial charge in [0.2, 0.25) is 5.91 Å². The van der Waals surface area contributed by atoms with Crippen molar-refractivity contribution in [3.05, 3.63) is 119 Å². The number of anilines is 1. The van der Waals surface area contributed by atoms with E-state index in [1.54, 1.807) is 47.1 Å². The molecule has 5 rings (SSSR count). The highest BCUT2D eigenvalue weighted by atomic mass is 35.5. The van der Waals surface area contributed by atoms with Crippen molar-refractivity contribution in [1.29, 1.82) is 0 Å². The summed E-state index contributed by atoms with van der Waals surface area (Å²) >= 11 is 6.25. The van der Waals surface area contributed by atoms with Gasteiger partial charge in [0.1, 0.15) is 12.2 Å². The van der Waals surface area contributed by atoms with Gasteiger partial charge in [-0.2, -0.15) is 5.10 Å². The Kier molecular flexibility index (Phi) is 5.93. The quantitative estimate of drug-likeness (QED) is 0.302. The zero-order valence-corrected chi connectivity index (χ0v) is 18.9. The SMILES string of the molecule is O=C(Cn1nc(-c2ccccc2)c2cc(Cl)ccc21)Nc1ccccc1C(=O)c1ccccc1. The highest BCUT2D eigenvalue weighted by Crippen LogP contribution is 2.30. The number of para-hydroxylation sites is 1. The van der Waals surface area contributed by atoms with Gasteiger partial charge >= 0.3 is 0 Å². The van der Waals surface area contributed by atoms with Crippen molar-refractivity contribution < 1.29 is 9.59 Å². The third-order valence-electron chi connectivity index (χ3n) is 5.53. The molecule has 166 valence electrons. The molecule has 0 aliphatic heterocycles. The molecule has 34 heavy (non-hydrogen) atoms. The van der Waals surface area contributed by atoms with Crippen molar-refractivity contribution in [2.45, 2.75) is 6.54 Å². The number of carbonyl (C=O) groups excluding carboxylic acids is 2. The van der Waals surface area contributed by atoms with E-state index >= 15 is 0 Å². The molecule has 0 fully saturated rings. The summed E-state index contributed by atoms with van der Waals surface area (Å²) in [4.78, 5) is 26.0. The molecule has 0 saturated carbocycles. The Bertz CT molecular complexity index is 1490. The van der Waals surface area contributed by atoms with Crippen LogP contribution in [0.15, 0.2) is 103 Å². The van der Waals surface area contributed by atoms with Crippen molar-refractivity contribution >= 4 is 39.9 Å². The summed E-state index contributed by atoms with van der Waals surface area (Å²) in [6.07, 6.45) is 0. The lowest BCUT2D eigenvalue weighted by atomic mass is 10.0. The van der Waals surface area contributed by atoms with E-state index in [2.05, 4.69) is 5.32 Å². The average Bonchev–Trinajstić information content (AvgIpc) is 3.22. The van der Waals surface area contributed by atoms with E-state index in [1.807, 2.05) is 60.7 Å². The molecule has 5 nitrogen and oxygen atoms in total. The smallest absolute Gasteiger partial charge is 0.246 e. The first-order valence-electron chi connectivity index (χ1n) is 10.8. The standard InChI is InChI=1S/C28H20ClN3O2/c29-21-15-16-25-23(17-21)27(19-9-3-1-4-10-19)31-32(25)18-26(33)30-24-14-8-7-13-22(24)28(34)20-11-5-2-6-12-20/h1-17H,18H2,(H,30,33). The average molecular weight is 466 g/mol. The fraction of sp³-hybridized carbons (Fsp3) is 0.0357. The Balaban J connectivity index is 1.44. The van der Waals surface area contributed by atoms with Gasteiger partial charge in [0.05, 0.1) is 11.2 Å². The number of fused-ring (bicyclic) bond motifs is 1. The molecule has 0 unspecified atom stereocenters. The predicted octanol–water partition coefficient (Wildman–Crippen LogP) is 6.23. The molecule has 0 spiro atoms. The largest absolute Gasteiger partial charge is 0.324 e. The summed E-state index contributed by atoms with van der Waals surface area (Å²) in [6, 6.07) is 31.3. The number of rotatable bonds is 6. The van der Waals surface area contributed by atoms with E-state index in [4.69, 9.17) is 16.7 Å². The molecule has 1 amide bonds. The van der Waals surface area contributed by atoms with Crippen LogP contribution >= 0.6 is 11.6 Å². The first-order chi connectivity index (χ1) is 16.6. The lowest BCUT2D eigenvalue weighted by Gasteiger charge is -2.11. The number of aromatic nitrogens is 2. The Morgan fingerprint density at radius 3 is 2.26 bits per heavy atom. The Labute approximate surface area is 201 Å². The number of halogens is 1. The van der Waals surface area contributed by atoms with Gasteiger partial charge in [-0.05, 0) is 30.3 Å². The molecule has 1 aromatic heterocycles. The monoisotopic (exact) mass is 465 g/mol. The zero-order chi connectivity index (χ0) is 23.5. The first-order valence-corrected chi connectivity index (χ1v) is 11.2. The van der Waals surface area contributed by atoms with Gasteiger partial charge in [0.25, 0.3) is 0 Å². The van der Waals surface area contributed by atoms with Crippen LogP contribution < -0.4 is 5.32 Å². The third-order valence-corrected chi connectivity index (χ3v) is 5.77. The van der Waals surface area contributed by atoms with Crippen molar-refractivity contribution in [2.24, 2.45) is 0 Å². The summed E-state index contributed by atoms with van der Waals surface area (Å²) in [5.74, 6) is -0.436.